The summed E-state index contributed by atoms with van der Waals surface area (Å²) in [5.41, 5.74) is 1.22. The molecule has 0 saturated carbocycles. The third-order valence-corrected chi connectivity index (χ3v) is 5.64. The molecule has 1 N–H and O–H groups in total. The van der Waals surface area contributed by atoms with E-state index in [4.69, 9.17) is 44.3 Å². The number of nitrogens with zero attached hydrogens (tertiary/aromatic N) is 1. The molecule has 0 bridgehead atoms. The molecular formula is C19H15Cl3N2O3S. The van der Waals surface area contributed by atoms with Gasteiger partial charge in [-0.1, -0.05) is 34.8 Å². The Balaban J connectivity index is 1.75. The molecule has 28 heavy (non-hydrogen) atoms. The van der Waals surface area contributed by atoms with E-state index >= 15 is 0 Å². The number of methoxy groups -OCH3 is 2. The number of ether oxygens (including phenoxy) is 2. The lowest BCUT2D eigenvalue weighted by Crippen LogP contribution is -2.12. The minimum Gasteiger partial charge on any atom is -0.493 e. The Kier molecular flexibility index (Phi) is 6.67. The third kappa shape index (κ3) is 4.70. The molecule has 1 aromatic heterocycles. The highest BCUT2D eigenvalue weighted by Gasteiger charge is 2.16. The highest BCUT2D eigenvalue weighted by Crippen LogP contribution is 2.36. The van der Waals surface area contributed by atoms with Crippen LogP contribution in [0.1, 0.15) is 20.8 Å². The van der Waals surface area contributed by atoms with Crippen LogP contribution in [0.25, 0.3) is 0 Å². The highest BCUT2D eigenvalue weighted by molar-refractivity contribution is 7.15. The van der Waals surface area contributed by atoms with Crippen molar-refractivity contribution in [1.82, 2.24) is 4.98 Å². The number of aromatic nitrogens is 1. The van der Waals surface area contributed by atoms with Crippen LogP contribution < -0.4 is 14.8 Å². The molecule has 3 rings (SSSR count). The number of rotatable bonds is 6. The van der Waals surface area contributed by atoms with Gasteiger partial charge in [0, 0.05) is 33.1 Å². The van der Waals surface area contributed by atoms with E-state index in [0.29, 0.717) is 38.7 Å². The monoisotopic (exact) mass is 456 g/mol. The number of nitrogens with one attached hydrogen (secondary N) is 1. The maximum absolute atomic E-state index is 12.6. The SMILES string of the molecule is COc1cc(C(=O)Nc2ncc(Cc3cc(Cl)ccc3Cl)s2)cc(Cl)c1OC. The van der Waals surface area contributed by atoms with Crippen LogP contribution in [0.3, 0.4) is 0 Å². The quantitative estimate of drug-likeness (QED) is 0.496. The van der Waals surface area contributed by atoms with Crippen molar-refractivity contribution < 1.29 is 14.3 Å². The lowest BCUT2D eigenvalue weighted by Gasteiger charge is -2.11. The second kappa shape index (κ2) is 9.01. The van der Waals surface area contributed by atoms with Gasteiger partial charge in [-0.3, -0.25) is 10.1 Å². The Morgan fingerprint density at radius 3 is 2.61 bits per heavy atom. The molecule has 9 heteroatoms. The maximum atomic E-state index is 12.6. The van der Waals surface area contributed by atoms with Gasteiger partial charge in [0.2, 0.25) is 0 Å². The molecule has 0 aliphatic heterocycles. The average molecular weight is 458 g/mol. The van der Waals surface area contributed by atoms with Crippen molar-refractivity contribution in [3.63, 3.8) is 0 Å². The average Bonchev–Trinajstić information content (AvgIpc) is 3.10. The number of amides is 1. The number of hydrogen-bond donors (Lipinski definition) is 1. The van der Waals surface area contributed by atoms with Crippen LogP contribution >= 0.6 is 46.1 Å². The summed E-state index contributed by atoms with van der Waals surface area (Å²) in [4.78, 5) is 17.7. The molecule has 0 spiro atoms. The summed E-state index contributed by atoms with van der Waals surface area (Å²) in [6, 6.07) is 8.37. The Hall–Kier alpha value is -1.99. The van der Waals surface area contributed by atoms with Crippen LogP contribution in [-0.2, 0) is 6.42 Å². The van der Waals surface area contributed by atoms with E-state index < -0.39 is 0 Å². The normalized spacial score (nSPS) is 10.6. The molecule has 0 fully saturated rings. The Labute approximate surface area is 181 Å². The molecule has 3 aromatic rings. The van der Waals surface area contributed by atoms with Crippen LogP contribution in [0.15, 0.2) is 36.5 Å². The van der Waals surface area contributed by atoms with Gasteiger partial charge in [-0.25, -0.2) is 4.98 Å². The number of hydrogen-bond acceptors (Lipinski definition) is 5. The first-order chi connectivity index (χ1) is 13.4. The summed E-state index contributed by atoms with van der Waals surface area (Å²) in [6.07, 6.45) is 2.26. The molecule has 0 unspecified atom stereocenters. The van der Waals surface area contributed by atoms with E-state index in [2.05, 4.69) is 10.3 Å². The van der Waals surface area contributed by atoms with Gasteiger partial charge in [-0.15, -0.1) is 11.3 Å². The first kappa shape index (κ1) is 20.7. The van der Waals surface area contributed by atoms with E-state index in [-0.39, 0.29) is 10.9 Å². The summed E-state index contributed by atoms with van der Waals surface area (Å²) in [5.74, 6) is 0.385. The number of anilines is 1. The Bertz CT molecular complexity index is 1020. The molecule has 1 amide bonds. The number of carbonyl (C=O) groups is 1. The molecule has 0 radical (unpaired) electrons. The fourth-order valence-corrected chi connectivity index (χ4v) is 4.03. The van der Waals surface area contributed by atoms with Gasteiger partial charge in [0.1, 0.15) is 0 Å². The molecule has 0 aliphatic rings. The van der Waals surface area contributed by atoms with Crippen molar-refractivity contribution in [2.75, 3.05) is 19.5 Å². The molecule has 1 heterocycles. The zero-order valence-electron chi connectivity index (χ0n) is 14.9. The van der Waals surface area contributed by atoms with Crippen molar-refractivity contribution >= 4 is 57.2 Å². The van der Waals surface area contributed by atoms with Gasteiger partial charge < -0.3 is 9.47 Å². The standard InChI is InChI=1S/C19H15Cl3N2O3S/c1-26-16-8-11(7-15(22)17(16)27-2)18(25)24-19-23-9-13(28-19)6-10-5-12(20)3-4-14(10)21/h3-5,7-9H,6H2,1-2H3,(H,23,24,25). The second-order valence-corrected chi connectivity index (χ2v) is 8.06. The highest BCUT2D eigenvalue weighted by atomic mass is 35.5. The van der Waals surface area contributed by atoms with Gasteiger partial charge in [-0.05, 0) is 35.9 Å². The molecule has 0 atom stereocenters. The summed E-state index contributed by atoms with van der Waals surface area (Å²) in [7, 11) is 2.96. The molecule has 2 aromatic carbocycles. The fourth-order valence-electron chi connectivity index (χ4n) is 2.53. The van der Waals surface area contributed by atoms with Crippen LogP contribution in [0.2, 0.25) is 15.1 Å². The predicted octanol–water partition coefficient (Wildman–Crippen LogP) is 5.96. The van der Waals surface area contributed by atoms with Crippen LogP contribution in [-0.4, -0.2) is 25.1 Å². The maximum Gasteiger partial charge on any atom is 0.257 e. The van der Waals surface area contributed by atoms with Crippen LogP contribution in [0, 0.1) is 0 Å². The van der Waals surface area contributed by atoms with E-state index in [1.165, 1.54) is 31.6 Å². The minimum absolute atomic E-state index is 0.280. The lowest BCUT2D eigenvalue weighted by atomic mass is 10.1. The summed E-state index contributed by atoms with van der Waals surface area (Å²) in [5, 5.41) is 4.74. The van der Waals surface area contributed by atoms with Gasteiger partial charge in [0.25, 0.3) is 5.91 Å². The first-order valence-corrected chi connectivity index (χ1v) is 9.97. The van der Waals surface area contributed by atoms with Crippen molar-refractivity contribution in [2.45, 2.75) is 6.42 Å². The summed E-state index contributed by atoms with van der Waals surface area (Å²) >= 11 is 19.7. The van der Waals surface area contributed by atoms with Gasteiger partial charge >= 0.3 is 0 Å². The Morgan fingerprint density at radius 2 is 1.89 bits per heavy atom. The summed E-state index contributed by atoms with van der Waals surface area (Å²) < 4.78 is 10.4. The molecule has 146 valence electrons. The number of carbonyl (C=O) groups excluding carboxylic acids is 1. The van der Waals surface area contributed by atoms with Gasteiger partial charge in [0.05, 0.1) is 19.2 Å². The molecular weight excluding hydrogens is 443 g/mol. The summed E-state index contributed by atoms with van der Waals surface area (Å²) in [6.45, 7) is 0. The lowest BCUT2D eigenvalue weighted by molar-refractivity contribution is 0.102. The third-order valence-electron chi connectivity index (χ3n) is 3.84. The van der Waals surface area contributed by atoms with E-state index in [9.17, 15) is 4.79 Å². The Morgan fingerprint density at radius 1 is 1.11 bits per heavy atom. The van der Waals surface area contributed by atoms with E-state index in [0.717, 1.165) is 10.4 Å². The van der Waals surface area contributed by atoms with Crippen molar-refractivity contribution in [3.05, 3.63) is 67.6 Å². The van der Waals surface area contributed by atoms with Crippen molar-refractivity contribution in [1.29, 1.82) is 0 Å². The van der Waals surface area contributed by atoms with E-state index in [1.54, 1.807) is 24.4 Å². The number of thiazole rings is 1. The van der Waals surface area contributed by atoms with Crippen molar-refractivity contribution in [3.8, 4) is 11.5 Å². The zero-order chi connectivity index (χ0) is 20.3. The van der Waals surface area contributed by atoms with Crippen LogP contribution in [0.5, 0.6) is 11.5 Å². The number of halogens is 3. The predicted molar refractivity (Wildman–Crippen MR) is 114 cm³/mol. The number of benzene rings is 2. The molecule has 0 aliphatic carbocycles. The van der Waals surface area contributed by atoms with Crippen molar-refractivity contribution in [2.24, 2.45) is 0 Å². The largest absolute Gasteiger partial charge is 0.493 e. The fraction of sp³-hybridized carbons (Fsp3) is 0.158. The molecule has 0 saturated heterocycles. The van der Waals surface area contributed by atoms with Crippen LogP contribution in [0.4, 0.5) is 5.13 Å². The first-order valence-electron chi connectivity index (χ1n) is 8.02. The zero-order valence-corrected chi connectivity index (χ0v) is 18.0. The minimum atomic E-state index is -0.357. The van der Waals surface area contributed by atoms with E-state index in [1.807, 2.05) is 6.07 Å². The topological polar surface area (TPSA) is 60.5 Å². The van der Waals surface area contributed by atoms with Gasteiger partial charge in [-0.2, -0.15) is 0 Å². The second-order valence-electron chi connectivity index (χ2n) is 5.69. The smallest absolute Gasteiger partial charge is 0.257 e. The molecule has 5 nitrogen and oxygen atoms in total. The van der Waals surface area contributed by atoms with Gasteiger partial charge in [0.15, 0.2) is 16.6 Å².